The van der Waals surface area contributed by atoms with Crippen LogP contribution in [0.2, 0.25) is 0 Å². The lowest BCUT2D eigenvalue weighted by Gasteiger charge is -2.29. The summed E-state index contributed by atoms with van der Waals surface area (Å²) in [7, 11) is 0. The SMILES string of the molecule is Cc1c(NC2CC(C)(C)OC2(C)C)cccc1C(N)=O. The Balaban J connectivity index is 2.27. The zero-order chi connectivity index (χ0) is 15.1. The van der Waals surface area contributed by atoms with E-state index in [1.807, 2.05) is 19.1 Å². The molecular formula is C16H24N2O2. The zero-order valence-corrected chi connectivity index (χ0v) is 12.9. The number of nitrogens with one attached hydrogen (secondary N) is 1. The molecule has 0 radical (unpaired) electrons. The van der Waals surface area contributed by atoms with Gasteiger partial charge in [0.1, 0.15) is 0 Å². The summed E-state index contributed by atoms with van der Waals surface area (Å²) < 4.78 is 6.08. The maximum absolute atomic E-state index is 11.4. The molecule has 20 heavy (non-hydrogen) atoms. The lowest BCUT2D eigenvalue weighted by Crippen LogP contribution is -2.38. The van der Waals surface area contributed by atoms with Crippen LogP contribution in [0.1, 0.15) is 50.0 Å². The minimum Gasteiger partial charge on any atom is -0.379 e. The van der Waals surface area contributed by atoms with Gasteiger partial charge in [-0.05, 0) is 58.7 Å². The summed E-state index contributed by atoms with van der Waals surface area (Å²) in [5.41, 5.74) is 7.40. The summed E-state index contributed by atoms with van der Waals surface area (Å²) in [5.74, 6) is -0.395. The van der Waals surface area contributed by atoms with Gasteiger partial charge in [0.05, 0.1) is 17.2 Å². The highest BCUT2D eigenvalue weighted by molar-refractivity contribution is 5.95. The fourth-order valence-electron chi connectivity index (χ4n) is 3.03. The first-order chi connectivity index (χ1) is 9.12. The van der Waals surface area contributed by atoms with E-state index in [0.29, 0.717) is 5.56 Å². The second kappa shape index (κ2) is 4.77. The molecule has 1 aromatic carbocycles. The average Bonchev–Trinajstić information content (AvgIpc) is 2.49. The molecule has 1 aromatic rings. The minimum absolute atomic E-state index is 0.142. The van der Waals surface area contributed by atoms with Crippen molar-refractivity contribution in [2.24, 2.45) is 5.73 Å². The van der Waals surface area contributed by atoms with Crippen molar-refractivity contribution in [1.82, 2.24) is 0 Å². The van der Waals surface area contributed by atoms with E-state index < -0.39 is 5.91 Å². The Morgan fingerprint density at radius 2 is 2.00 bits per heavy atom. The second-order valence-electron chi connectivity index (χ2n) is 6.71. The highest BCUT2D eigenvalue weighted by atomic mass is 16.5. The lowest BCUT2D eigenvalue weighted by molar-refractivity contribution is -0.0662. The van der Waals surface area contributed by atoms with Crippen LogP contribution in [0.5, 0.6) is 0 Å². The zero-order valence-electron chi connectivity index (χ0n) is 12.9. The Morgan fingerprint density at radius 3 is 2.50 bits per heavy atom. The number of anilines is 1. The summed E-state index contributed by atoms with van der Waals surface area (Å²) in [5, 5.41) is 3.52. The first-order valence-electron chi connectivity index (χ1n) is 6.98. The van der Waals surface area contributed by atoms with Crippen molar-refractivity contribution >= 4 is 11.6 Å². The number of ether oxygens (including phenoxy) is 1. The number of primary amides is 1. The van der Waals surface area contributed by atoms with Gasteiger partial charge in [-0.25, -0.2) is 0 Å². The third-order valence-corrected chi connectivity index (χ3v) is 4.00. The van der Waals surface area contributed by atoms with Crippen LogP contribution in [0.15, 0.2) is 18.2 Å². The van der Waals surface area contributed by atoms with Crippen molar-refractivity contribution in [1.29, 1.82) is 0 Å². The smallest absolute Gasteiger partial charge is 0.249 e. The fourth-order valence-corrected chi connectivity index (χ4v) is 3.03. The van der Waals surface area contributed by atoms with Crippen molar-refractivity contribution < 1.29 is 9.53 Å². The number of benzene rings is 1. The molecule has 1 fully saturated rings. The molecular weight excluding hydrogens is 252 g/mol. The first-order valence-corrected chi connectivity index (χ1v) is 6.98. The Kier molecular flexibility index (Phi) is 3.54. The molecule has 2 rings (SSSR count). The molecule has 1 saturated heterocycles. The van der Waals surface area contributed by atoms with Crippen LogP contribution in [0.3, 0.4) is 0 Å². The summed E-state index contributed by atoms with van der Waals surface area (Å²) in [6.07, 6.45) is 0.917. The lowest BCUT2D eigenvalue weighted by atomic mass is 9.93. The molecule has 0 saturated carbocycles. The number of nitrogens with two attached hydrogens (primary N) is 1. The van der Waals surface area contributed by atoms with E-state index in [1.165, 1.54) is 0 Å². The summed E-state index contributed by atoms with van der Waals surface area (Å²) in [6, 6.07) is 5.77. The Bertz CT molecular complexity index is 535. The number of carbonyl (C=O) groups is 1. The van der Waals surface area contributed by atoms with E-state index >= 15 is 0 Å². The molecule has 1 unspecified atom stereocenters. The van der Waals surface area contributed by atoms with Crippen LogP contribution in [0.4, 0.5) is 5.69 Å². The summed E-state index contributed by atoms with van der Waals surface area (Å²) in [4.78, 5) is 11.4. The van der Waals surface area contributed by atoms with E-state index in [-0.39, 0.29) is 17.2 Å². The van der Waals surface area contributed by atoms with Crippen molar-refractivity contribution in [2.45, 2.75) is 58.3 Å². The van der Waals surface area contributed by atoms with Crippen LogP contribution in [0, 0.1) is 6.92 Å². The van der Waals surface area contributed by atoms with Gasteiger partial charge in [-0.3, -0.25) is 4.79 Å². The summed E-state index contributed by atoms with van der Waals surface area (Å²) in [6.45, 7) is 10.3. The fraction of sp³-hybridized carbons (Fsp3) is 0.562. The van der Waals surface area contributed by atoms with Gasteiger partial charge in [0.15, 0.2) is 0 Å². The maximum Gasteiger partial charge on any atom is 0.249 e. The van der Waals surface area contributed by atoms with E-state index in [2.05, 4.69) is 33.0 Å². The van der Waals surface area contributed by atoms with Crippen LogP contribution in [0.25, 0.3) is 0 Å². The molecule has 110 valence electrons. The minimum atomic E-state index is -0.395. The van der Waals surface area contributed by atoms with Gasteiger partial charge in [0.2, 0.25) is 5.91 Å². The van der Waals surface area contributed by atoms with Crippen LogP contribution in [-0.2, 0) is 4.74 Å². The molecule has 4 nitrogen and oxygen atoms in total. The van der Waals surface area contributed by atoms with Crippen molar-refractivity contribution in [2.75, 3.05) is 5.32 Å². The number of rotatable bonds is 3. The Morgan fingerprint density at radius 1 is 1.35 bits per heavy atom. The van der Waals surface area contributed by atoms with E-state index in [0.717, 1.165) is 17.7 Å². The van der Waals surface area contributed by atoms with Crippen molar-refractivity contribution in [3.63, 3.8) is 0 Å². The van der Waals surface area contributed by atoms with Gasteiger partial charge in [0.25, 0.3) is 0 Å². The van der Waals surface area contributed by atoms with E-state index in [4.69, 9.17) is 10.5 Å². The highest BCUT2D eigenvalue weighted by Crippen LogP contribution is 2.39. The van der Waals surface area contributed by atoms with Crippen molar-refractivity contribution in [3.8, 4) is 0 Å². The van der Waals surface area contributed by atoms with E-state index in [9.17, 15) is 4.79 Å². The molecule has 0 aromatic heterocycles. The van der Waals surface area contributed by atoms with Gasteiger partial charge in [-0.1, -0.05) is 6.07 Å². The van der Waals surface area contributed by atoms with Gasteiger partial charge >= 0.3 is 0 Å². The number of carbonyl (C=O) groups excluding carboxylic acids is 1. The third-order valence-electron chi connectivity index (χ3n) is 4.00. The van der Waals surface area contributed by atoms with Crippen LogP contribution >= 0.6 is 0 Å². The van der Waals surface area contributed by atoms with Crippen molar-refractivity contribution in [3.05, 3.63) is 29.3 Å². The quantitative estimate of drug-likeness (QED) is 0.892. The molecule has 1 heterocycles. The molecule has 0 bridgehead atoms. The first kappa shape index (κ1) is 14.9. The predicted molar refractivity (Wildman–Crippen MR) is 81.0 cm³/mol. The Labute approximate surface area is 120 Å². The van der Waals surface area contributed by atoms with Gasteiger partial charge in [0, 0.05) is 11.3 Å². The predicted octanol–water partition coefficient (Wildman–Crippen LogP) is 2.85. The number of hydrogen-bond acceptors (Lipinski definition) is 3. The Hall–Kier alpha value is -1.55. The molecule has 4 heteroatoms. The molecule has 3 N–H and O–H groups in total. The molecule has 0 aliphatic carbocycles. The molecule has 0 spiro atoms. The molecule has 1 amide bonds. The third kappa shape index (κ3) is 2.80. The number of hydrogen-bond donors (Lipinski definition) is 2. The second-order valence-corrected chi connectivity index (χ2v) is 6.71. The maximum atomic E-state index is 11.4. The average molecular weight is 276 g/mol. The normalized spacial score (nSPS) is 23.6. The van der Waals surface area contributed by atoms with Gasteiger partial charge < -0.3 is 15.8 Å². The molecule has 1 aliphatic rings. The van der Waals surface area contributed by atoms with E-state index in [1.54, 1.807) is 6.07 Å². The van der Waals surface area contributed by atoms with Gasteiger partial charge in [-0.15, -0.1) is 0 Å². The highest BCUT2D eigenvalue weighted by Gasteiger charge is 2.45. The molecule has 1 aliphatic heterocycles. The standard InChI is InChI=1S/C16H24N2O2/c1-10-11(14(17)19)7-6-8-12(10)18-13-9-15(2,3)20-16(13,4)5/h6-8,13,18H,9H2,1-5H3,(H2,17,19). The largest absolute Gasteiger partial charge is 0.379 e. The number of amides is 1. The molecule has 1 atom stereocenters. The van der Waals surface area contributed by atoms with Gasteiger partial charge in [-0.2, -0.15) is 0 Å². The van der Waals surface area contributed by atoms with Crippen LogP contribution in [-0.4, -0.2) is 23.2 Å². The monoisotopic (exact) mass is 276 g/mol. The summed E-state index contributed by atoms with van der Waals surface area (Å²) >= 11 is 0. The topological polar surface area (TPSA) is 64.3 Å². The van der Waals surface area contributed by atoms with Crippen LogP contribution < -0.4 is 11.1 Å².